The Morgan fingerprint density at radius 2 is 2.16 bits per heavy atom. The SMILES string of the molecule is COc1ncc(C)cc1-c1nc2c(F)cccc2o1. The van der Waals surface area contributed by atoms with Crippen molar-refractivity contribution < 1.29 is 13.5 Å². The van der Waals surface area contributed by atoms with Gasteiger partial charge in [-0.25, -0.2) is 14.4 Å². The summed E-state index contributed by atoms with van der Waals surface area (Å²) in [5.74, 6) is 0.290. The summed E-state index contributed by atoms with van der Waals surface area (Å²) >= 11 is 0. The number of hydrogen-bond donors (Lipinski definition) is 0. The maximum Gasteiger partial charge on any atom is 0.232 e. The molecule has 1 aromatic carbocycles. The molecule has 0 atom stereocenters. The highest BCUT2D eigenvalue weighted by atomic mass is 19.1. The zero-order valence-corrected chi connectivity index (χ0v) is 10.5. The molecule has 0 spiro atoms. The van der Waals surface area contributed by atoms with Gasteiger partial charge in [-0.2, -0.15) is 0 Å². The molecule has 0 saturated heterocycles. The van der Waals surface area contributed by atoms with Gasteiger partial charge in [-0.05, 0) is 30.7 Å². The Kier molecular flexibility index (Phi) is 2.67. The highest BCUT2D eigenvalue weighted by molar-refractivity contribution is 5.77. The number of methoxy groups -OCH3 is 1. The summed E-state index contributed by atoms with van der Waals surface area (Å²) in [6.45, 7) is 1.90. The van der Waals surface area contributed by atoms with E-state index in [9.17, 15) is 4.39 Å². The molecule has 0 bridgehead atoms. The van der Waals surface area contributed by atoms with Crippen molar-refractivity contribution in [1.29, 1.82) is 0 Å². The van der Waals surface area contributed by atoms with Crippen LogP contribution in [-0.4, -0.2) is 17.1 Å². The molecule has 0 fully saturated rings. The summed E-state index contributed by atoms with van der Waals surface area (Å²) in [6, 6.07) is 6.44. The van der Waals surface area contributed by atoms with Crippen molar-refractivity contribution in [3.8, 4) is 17.3 Å². The number of oxazole rings is 1. The fraction of sp³-hybridized carbons (Fsp3) is 0.143. The van der Waals surface area contributed by atoms with Crippen molar-refractivity contribution in [2.24, 2.45) is 0 Å². The third-order valence-electron chi connectivity index (χ3n) is 2.78. The molecule has 3 rings (SSSR count). The molecule has 0 saturated carbocycles. The van der Waals surface area contributed by atoms with Gasteiger partial charge in [0.1, 0.15) is 5.52 Å². The Balaban J connectivity index is 2.24. The predicted octanol–water partition coefficient (Wildman–Crippen LogP) is 3.35. The summed E-state index contributed by atoms with van der Waals surface area (Å²) in [6.07, 6.45) is 1.69. The largest absolute Gasteiger partial charge is 0.480 e. The molecule has 0 radical (unpaired) electrons. The fourth-order valence-corrected chi connectivity index (χ4v) is 1.90. The van der Waals surface area contributed by atoms with Gasteiger partial charge in [0.05, 0.1) is 12.7 Å². The van der Waals surface area contributed by atoms with Crippen molar-refractivity contribution in [2.75, 3.05) is 7.11 Å². The Labute approximate surface area is 108 Å². The number of rotatable bonds is 2. The number of para-hydroxylation sites is 1. The normalized spacial score (nSPS) is 10.9. The van der Waals surface area contributed by atoms with E-state index in [1.54, 1.807) is 18.3 Å². The van der Waals surface area contributed by atoms with Crippen molar-refractivity contribution in [3.05, 3.63) is 41.8 Å². The molecule has 19 heavy (non-hydrogen) atoms. The number of halogens is 1. The second kappa shape index (κ2) is 4.35. The van der Waals surface area contributed by atoms with Gasteiger partial charge in [0.25, 0.3) is 0 Å². The minimum Gasteiger partial charge on any atom is -0.480 e. The zero-order valence-electron chi connectivity index (χ0n) is 10.5. The van der Waals surface area contributed by atoms with E-state index in [1.807, 2.05) is 13.0 Å². The van der Waals surface area contributed by atoms with Gasteiger partial charge in [0.15, 0.2) is 11.4 Å². The summed E-state index contributed by atoms with van der Waals surface area (Å²) in [4.78, 5) is 8.32. The van der Waals surface area contributed by atoms with Crippen LogP contribution < -0.4 is 4.74 Å². The molecule has 0 aliphatic rings. The van der Waals surface area contributed by atoms with Crippen LogP contribution in [0.3, 0.4) is 0 Å². The van der Waals surface area contributed by atoms with Gasteiger partial charge >= 0.3 is 0 Å². The Hall–Kier alpha value is -2.43. The van der Waals surface area contributed by atoms with E-state index in [-0.39, 0.29) is 5.52 Å². The number of benzene rings is 1. The van der Waals surface area contributed by atoms with Crippen LogP contribution in [0, 0.1) is 12.7 Å². The smallest absolute Gasteiger partial charge is 0.232 e. The summed E-state index contributed by atoms with van der Waals surface area (Å²) in [7, 11) is 1.52. The van der Waals surface area contributed by atoms with E-state index < -0.39 is 5.82 Å². The first-order valence-corrected chi connectivity index (χ1v) is 5.75. The van der Waals surface area contributed by atoms with Crippen LogP contribution in [0.5, 0.6) is 5.88 Å². The zero-order chi connectivity index (χ0) is 13.4. The number of pyridine rings is 1. The molecule has 0 aliphatic carbocycles. The van der Waals surface area contributed by atoms with Crippen LogP contribution in [-0.2, 0) is 0 Å². The highest BCUT2D eigenvalue weighted by Crippen LogP contribution is 2.31. The molecule has 0 N–H and O–H groups in total. The van der Waals surface area contributed by atoms with Gasteiger partial charge in [-0.15, -0.1) is 0 Å². The van der Waals surface area contributed by atoms with Crippen LogP contribution in [0.25, 0.3) is 22.6 Å². The summed E-state index contributed by atoms with van der Waals surface area (Å²) in [5.41, 5.74) is 2.16. The lowest BCUT2D eigenvalue weighted by atomic mass is 10.2. The van der Waals surface area contributed by atoms with Crippen LogP contribution in [0.4, 0.5) is 4.39 Å². The topological polar surface area (TPSA) is 48.2 Å². The van der Waals surface area contributed by atoms with E-state index in [2.05, 4.69) is 9.97 Å². The maximum atomic E-state index is 13.6. The number of fused-ring (bicyclic) bond motifs is 1. The second-order valence-corrected chi connectivity index (χ2v) is 4.18. The number of aromatic nitrogens is 2. The van der Waals surface area contributed by atoms with Crippen LogP contribution >= 0.6 is 0 Å². The molecule has 0 aliphatic heterocycles. The molecular weight excluding hydrogens is 247 g/mol. The number of nitrogens with zero attached hydrogens (tertiary/aromatic N) is 2. The van der Waals surface area contributed by atoms with Crippen molar-refractivity contribution in [3.63, 3.8) is 0 Å². The van der Waals surface area contributed by atoms with E-state index >= 15 is 0 Å². The molecule has 2 heterocycles. The first-order valence-electron chi connectivity index (χ1n) is 5.75. The van der Waals surface area contributed by atoms with Crippen molar-refractivity contribution in [2.45, 2.75) is 6.92 Å². The Bertz CT molecular complexity index is 752. The number of hydrogen-bond acceptors (Lipinski definition) is 4. The molecule has 4 nitrogen and oxygen atoms in total. The molecule has 96 valence electrons. The number of aryl methyl sites for hydroxylation is 1. The summed E-state index contributed by atoms with van der Waals surface area (Å²) < 4.78 is 24.3. The quantitative estimate of drug-likeness (QED) is 0.707. The lowest BCUT2D eigenvalue weighted by molar-refractivity contribution is 0.398. The van der Waals surface area contributed by atoms with Crippen molar-refractivity contribution >= 4 is 11.1 Å². The van der Waals surface area contributed by atoms with Crippen LogP contribution in [0.15, 0.2) is 34.9 Å². The average Bonchev–Trinajstić information content (AvgIpc) is 2.84. The van der Waals surface area contributed by atoms with Crippen LogP contribution in [0.1, 0.15) is 5.56 Å². The highest BCUT2D eigenvalue weighted by Gasteiger charge is 2.16. The molecule has 0 unspecified atom stereocenters. The number of ether oxygens (including phenoxy) is 1. The second-order valence-electron chi connectivity index (χ2n) is 4.18. The first kappa shape index (κ1) is 11.6. The Morgan fingerprint density at radius 3 is 2.89 bits per heavy atom. The van der Waals surface area contributed by atoms with E-state index in [1.165, 1.54) is 13.2 Å². The van der Waals surface area contributed by atoms with Gasteiger partial charge in [0.2, 0.25) is 11.8 Å². The minimum atomic E-state index is -0.410. The standard InChI is InChI=1S/C14H11FN2O2/c1-8-6-9(13(18-2)16-7-8)14-17-12-10(15)4-3-5-11(12)19-14/h3-7H,1-2H3. The molecular formula is C14H11FN2O2. The minimum absolute atomic E-state index is 0.209. The van der Waals surface area contributed by atoms with Crippen LogP contribution in [0.2, 0.25) is 0 Å². The average molecular weight is 258 g/mol. The maximum absolute atomic E-state index is 13.6. The van der Waals surface area contributed by atoms with Crippen molar-refractivity contribution in [1.82, 2.24) is 9.97 Å². The lowest BCUT2D eigenvalue weighted by Gasteiger charge is -2.04. The molecule has 2 aromatic heterocycles. The fourth-order valence-electron chi connectivity index (χ4n) is 1.90. The van der Waals surface area contributed by atoms with Gasteiger partial charge in [-0.1, -0.05) is 6.07 Å². The molecule has 3 aromatic rings. The Morgan fingerprint density at radius 1 is 1.32 bits per heavy atom. The van der Waals surface area contributed by atoms with Gasteiger partial charge in [-0.3, -0.25) is 0 Å². The lowest BCUT2D eigenvalue weighted by Crippen LogP contribution is -1.92. The van der Waals surface area contributed by atoms with Gasteiger partial charge < -0.3 is 9.15 Å². The van der Waals surface area contributed by atoms with E-state index in [0.717, 1.165) is 5.56 Å². The van der Waals surface area contributed by atoms with E-state index in [4.69, 9.17) is 9.15 Å². The first-order chi connectivity index (χ1) is 9.19. The third-order valence-corrected chi connectivity index (χ3v) is 2.78. The van der Waals surface area contributed by atoms with E-state index in [0.29, 0.717) is 22.9 Å². The monoisotopic (exact) mass is 258 g/mol. The van der Waals surface area contributed by atoms with Gasteiger partial charge in [0, 0.05) is 6.20 Å². The molecule has 5 heteroatoms. The summed E-state index contributed by atoms with van der Waals surface area (Å²) in [5, 5.41) is 0. The predicted molar refractivity (Wildman–Crippen MR) is 68.5 cm³/mol. The molecule has 0 amide bonds. The third kappa shape index (κ3) is 1.93.